The van der Waals surface area contributed by atoms with Crippen LogP contribution in [0.5, 0.6) is 0 Å². The van der Waals surface area contributed by atoms with E-state index in [9.17, 15) is 4.79 Å². The van der Waals surface area contributed by atoms with Crippen LogP contribution in [0.25, 0.3) is 0 Å². The molecule has 21 heavy (non-hydrogen) atoms. The van der Waals surface area contributed by atoms with E-state index in [1.54, 1.807) is 18.6 Å². The zero-order valence-corrected chi connectivity index (χ0v) is 12.8. The minimum absolute atomic E-state index is 0.0146. The van der Waals surface area contributed by atoms with Crippen LogP contribution >= 0.6 is 11.6 Å². The monoisotopic (exact) mass is 303 g/mol. The highest BCUT2D eigenvalue weighted by atomic mass is 35.5. The predicted octanol–water partition coefficient (Wildman–Crippen LogP) is 3.21. The lowest BCUT2D eigenvalue weighted by molar-refractivity contribution is -0.116. The molecule has 2 rings (SSSR count). The lowest BCUT2D eigenvalue weighted by Crippen LogP contribution is -2.29. The Balaban J connectivity index is 2.16. The highest BCUT2D eigenvalue weighted by molar-refractivity contribution is 6.30. The Hall–Kier alpha value is -2.07. The molecule has 0 radical (unpaired) electrons. The van der Waals surface area contributed by atoms with Gasteiger partial charge in [-0.15, -0.1) is 0 Å². The molecule has 0 saturated heterocycles. The van der Waals surface area contributed by atoms with Gasteiger partial charge in [0.25, 0.3) is 0 Å². The summed E-state index contributed by atoms with van der Waals surface area (Å²) >= 11 is 5.93. The Kier molecular flexibility index (Phi) is 5.17. The van der Waals surface area contributed by atoms with Crippen molar-refractivity contribution in [3.05, 3.63) is 65.2 Å². The van der Waals surface area contributed by atoms with Crippen molar-refractivity contribution in [2.75, 3.05) is 6.54 Å². The number of rotatable bonds is 5. The van der Waals surface area contributed by atoms with Crippen molar-refractivity contribution < 1.29 is 4.79 Å². The van der Waals surface area contributed by atoms with Crippen LogP contribution in [-0.2, 0) is 4.79 Å². The number of benzene rings is 1. The second-order valence-electron chi connectivity index (χ2n) is 5.04. The number of hydrogen-bond acceptors (Lipinski definition) is 2. The molecule has 0 bridgehead atoms. The Morgan fingerprint density at radius 3 is 2.67 bits per heavy atom. The maximum Gasteiger partial charge on any atom is 0.243 e. The maximum atomic E-state index is 11.8. The number of nitrogens with zero attached hydrogens (tertiary/aromatic N) is 2. The largest absolute Gasteiger partial charge is 0.350 e. The minimum atomic E-state index is -0.0888. The number of carbonyl (C=O) groups excluding carboxylic acids is 1. The first-order chi connectivity index (χ1) is 10.1. The van der Waals surface area contributed by atoms with Gasteiger partial charge in [0.15, 0.2) is 0 Å². The Morgan fingerprint density at radius 2 is 2.10 bits per heavy atom. The molecule has 5 heteroatoms. The normalized spacial score (nSPS) is 11.8. The first kappa shape index (κ1) is 15.3. The second-order valence-corrected chi connectivity index (χ2v) is 5.48. The summed E-state index contributed by atoms with van der Waals surface area (Å²) in [5.74, 6) is -0.0888. The smallest absolute Gasteiger partial charge is 0.243 e. The molecule has 2 aromatic rings. The molecule has 0 aliphatic rings. The van der Waals surface area contributed by atoms with E-state index in [4.69, 9.17) is 11.6 Å². The average Bonchev–Trinajstić information content (AvgIpc) is 2.94. The van der Waals surface area contributed by atoms with E-state index >= 15 is 0 Å². The van der Waals surface area contributed by atoms with Crippen LogP contribution in [0.1, 0.15) is 25.5 Å². The fourth-order valence-corrected chi connectivity index (χ4v) is 2.17. The van der Waals surface area contributed by atoms with Crippen LogP contribution < -0.4 is 5.32 Å². The van der Waals surface area contributed by atoms with Gasteiger partial charge in [0.2, 0.25) is 5.91 Å². The molecule has 0 spiro atoms. The summed E-state index contributed by atoms with van der Waals surface area (Å²) in [4.78, 5) is 15.9. The summed E-state index contributed by atoms with van der Waals surface area (Å²) < 4.78 is 1.96. The number of nitrogens with one attached hydrogen (secondary N) is 1. The Morgan fingerprint density at radius 1 is 1.38 bits per heavy atom. The lowest BCUT2D eigenvalue weighted by atomic mass is 10.1. The van der Waals surface area contributed by atoms with Crippen molar-refractivity contribution in [2.45, 2.75) is 19.9 Å². The number of aromatic nitrogens is 2. The molecule has 0 fully saturated rings. The summed E-state index contributed by atoms with van der Waals surface area (Å²) in [6.07, 6.45) is 6.94. The van der Waals surface area contributed by atoms with Gasteiger partial charge in [-0.25, -0.2) is 4.98 Å². The van der Waals surface area contributed by atoms with Crippen molar-refractivity contribution in [1.82, 2.24) is 14.9 Å². The Bertz CT molecular complexity index is 613. The first-order valence-electron chi connectivity index (χ1n) is 6.72. The summed E-state index contributed by atoms with van der Waals surface area (Å²) in [5.41, 5.74) is 2.04. The highest BCUT2D eigenvalue weighted by Crippen LogP contribution is 2.19. The Labute approximate surface area is 129 Å². The predicted molar refractivity (Wildman–Crippen MR) is 84.3 cm³/mol. The highest BCUT2D eigenvalue weighted by Gasteiger charge is 2.14. The van der Waals surface area contributed by atoms with Crippen LogP contribution in [0.2, 0.25) is 5.02 Å². The summed E-state index contributed by atoms with van der Waals surface area (Å²) in [6.45, 7) is 4.28. The first-order valence-corrected chi connectivity index (χ1v) is 7.09. The molecular formula is C16H18ClN3O. The number of amides is 1. The van der Waals surface area contributed by atoms with Crippen LogP contribution in [0.3, 0.4) is 0 Å². The zero-order chi connectivity index (χ0) is 15.2. The van der Waals surface area contributed by atoms with Crippen molar-refractivity contribution in [3.63, 3.8) is 0 Å². The molecule has 110 valence electrons. The molecule has 0 aliphatic heterocycles. The SMILES string of the molecule is CC(C)=CC(=O)NC[C@@H](c1ccc(Cl)cc1)n1ccnc1. The van der Waals surface area contributed by atoms with E-state index in [2.05, 4.69) is 10.3 Å². The second kappa shape index (κ2) is 7.09. The quantitative estimate of drug-likeness (QED) is 0.862. The molecular weight excluding hydrogens is 286 g/mol. The molecule has 0 aliphatic carbocycles. The molecule has 0 unspecified atom stereocenters. The fourth-order valence-electron chi connectivity index (χ4n) is 2.04. The number of hydrogen-bond donors (Lipinski definition) is 1. The molecule has 1 heterocycles. The van der Waals surface area contributed by atoms with E-state index in [0.717, 1.165) is 11.1 Å². The maximum absolute atomic E-state index is 11.8. The minimum Gasteiger partial charge on any atom is -0.350 e. The van der Waals surface area contributed by atoms with Crippen molar-refractivity contribution in [1.29, 1.82) is 0 Å². The van der Waals surface area contributed by atoms with Gasteiger partial charge in [-0.05, 0) is 31.5 Å². The van der Waals surface area contributed by atoms with E-state index in [1.165, 1.54) is 0 Å². The van der Waals surface area contributed by atoms with Gasteiger partial charge in [-0.2, -0.15) is 0 Å². The van der Waals surface area contributed by atoms with E-state index in [1.807, 2.05) is 48.9 Å². The van der Waals surface area contributed by atoms with Gasteiger partial charge in [0.1, 0.15) is 0 Å². The summed E-state index contributed by atoms with van der Waals surface area (Å²) in [7, 11) is 0. The molecule has 0 saturated carbocycles. The van der Waals surface area contributed by atoms with Crippen LogP contribution in [0, 0.1) is 0 Å². The molecule has 1 amide bonds. The lowest BCUT2D eigenvalue weighted by Gasteiger charge is -2.19. The molecule has 4 nitrogen and oxygen atoms in total. The third-order valence-electron chi connectivity index (χ3n) is 3.03. The van der Waals surface area contributed by atoms with Gasteiger partial charge < -0.3 is 9.88 Å². The average molecular weight is 304 g/mol. The van der Waals surface area contributed by atoms with Gasteiger partial charge >= 0.3 is 0 Å². The topological polar surface area (TPSA) is 46.9 Å². The van der Waals surface area contributed by atoms with Crippen LogP contribution in [0.15, 0.2) is 54.6 Å². The molecule has 1 atom stereocenters. The van der Waals surface area contributed by atoms with E-state index in [-0.39, 0.29) is 11.9 Å². The van der Waals surface area contributed by atoms with Crippen LogP contribution in [-0.4, -0.2) is 22.0 Å². The number of allylic oxidation sites excluding steroid dienone is 1. The van der Waals surface area contributed by atoms with Crippen LogP contribution in [0.4, 0.5) is 0 Å². The molecule has 1 N–H and O–H groups in total. The number of halogens is 1. The van der Waals surface area contributed by atoms with E-state index < -0.39 is 0 Å². The fraction of sp³-hybridized carbons (Fsp3) is 0.250. The standard InChI is InChI=1S/C16H18ClN3O/c1-12(2)9-16(21)19-10-15(20-8-7-18-11-20)13-3-5-14(17)6-4-13/h3-9,11,15H,10H2,1-2H3,(H,19,21)/t15-/m0/s1. The van der Waals surface area contributed by atoms with Gasteiger partial charge in [0, 0.05) is 30.0 Å². The number of carbonyl (C=O) groups is 1. The summed E-state index contributed by atoms with van der Waals surface area (Å²) in [6, 6.07) is 7.59. The molecule has 1 aromatic heterocycles. The van der Waals surface area contributed by atoms with Gasteiger partial charge in [0.05, 0.1) is 12.4 Å². The van der Waals surface area contributed by atoms with Gasteiger partial charge in [-0.3, -0.25) is 4.79 Å². The number of imidazole rings is 1. The summed E-state index contributed by atoms with van der Waals surface area (Å²) in [5, 5.41) is 3.61. The van der Waals surface area contributed by atoms with E-state index in [0.29, 0.717) is 11.6 Å². The van der Waals surface area contributed by atoms with Gasteiger partial charge in [-0.1, -0.05) is 29.3 Å². The third-order valence-corrected chi connectivity index (χ3v) is 3.28. The van der Waals surface area contributed by atoms with Crippen molar-refractivity contribution >= 4 is 17.5 Å². The third kappa shape index (κ3) is 4.46. The van der Waals surface area contributed by atoms with Crippen molar-refractivity contribution in [3.8, 4) is 0 Å². The zero-order valence-electron chi connectivity index (χ0n) is 12.1. The molecule has 1 aromatic carbocycles. The van der Waals surface area contributed by atoms with Crippen molar-refractivity contribution in [2.24, 2.45) is 0 Å².